The van der Waals surface area contributed by atoms with E-state index in [1.54, 1.807) is 6.07 Å². The molecule has 7 heteroatoms. The average molecular weight is 529 g/mol. The number of amides is 1. The van der Waals surface area contributed by atoms with Crippen LogP contribution in [-0.2, 0) is 14.3 Å². The number of rotatable bonds is 10. The highest BCUT2D eigenvalue weighted by atomic mass is 35.5. The third kappa shape index (κ3) is 7.16. The van der Waals surface area contributed by atoms with Gasteiger partial charge in [-0.15, -0.1) is 0 Å². The maximum atomic E-state index is 13.4. The third-order valence-corrected chi connectivity index (χ3v) is 7.57. The number of nitrogens with zero attached hydrogens (tertiary/aromatic N) is 1. The lowest BCUT2D eigenvalue weighted by Crippen LogP contribution is -2.29. The lowest BCUT2D eigenvalue weighted by molar-refractivity contribution is -0.157. The van der Waals surface area contributed by atoms with Crippen LogP contribution in [-0.4, -0.2) is 22.6 Å². The van der Waals surface area contributed by atoms with Crippen LogP contribution in [0.3, 0.4) is 0 Å². The normalized spacial score (nSPS) is 20.4. The molecule has 37 heavy (non-hydrogen) atoms. The molecule has 2 aliphatic carbocycles. The van der Waals surface area contributed by atoms with E-state index in [-0.39, 0.29) is 24.7 Å². The molecule has 1 aromatic carbocycles. The summed E-state index contributed by atoms with van der Waals surface area (Å²) in [5.74, 6) is 1.91. The Morgan fingerprint density at radius 3 is 2.49 bits per heavy atom. The van der Waals surface area contributed by atoms with Gasteiger partial charge in [-0.2, -0.15) is 0 Å². The highest BCUT2D eigenvalue weighted by Crippen LogP contribution is 2.52. The minimum absolute atomic E-state index is 0.139. The summed E-state index contributed by atoms with van der Waals surface area (Å²) < 4.78 is 11.8. The van der Waals surface area contributed by atoms with Crippen LogP contribution < -0.4 is 5.32 Å². The van der Waals surface area contributed by atoms with Crippen molar-refractivity contribution in [2.24, 2.45) is 11.8 Å². The van der Waals surface area contributed by atoms with Crippen molar-refractivity contribution in [1.29, 1.82) is 0 Å². The van der Waals surface area contributed by atoms with Crippen LogP contribution in [0, 0.1) is 18.8 Å². The second-order valence-electron chi connectivity index (χ2n) is 12.4. The van der Waals surface area contributed by atoms with Gasteiger partial charge < -0.3 is 14.6 Å². The molecule has 1 unspecified atom stereocenters. The van der Waals surface area contributed by atoms with Crippen LogP contribution in [0.1, 0.15) is 120 Å². The maximum Gasteiger partial charge on any atom is 0.315 e. The molecular formula is C30H41ClN2O4. The van der Waals surface area contributed by atoms with E-state index in [0.29, 0.717) is 34.2 Å². The summed E-state index contributed by atoms with van der Waals surface area (Å²) in [6.07, 6.45) is 6.05. The lowest BCUT2D eigenvalue weighted by Gasteiger charge is -2.35. The van der Waals surface area contributed by atoms with Gasteiger partial charge >= 0.3 is 5.97 Å². The summed E-state index contributed by atoms with van der Waals surface area (Å²) in [7, 11) is 0. The van der Waals surface area contributed by atoms with E-state index in [1.165, 1.54) is 6.42 Å². The number of carbonyl (C=O) groups is 2. The van der Waals surface area contributed by atoms with Crippen molar-refractivity contribution < 1.29 is 18.8 Å². The predicted molar refractivity (Wildman–Crippen MR) is 146 cm³/mol. The number of ether oxygens (including phenoxy) is 1. The van der Waals surface area contributed by atoms with Crippen LogP contribution >= 0.6 is 11.6 Å². The standard InChI is InChI=1S/C30H41ClN2O4/c1-17(2)13-19-15-21(16-19)28-26(20-8-9-20)27(33-37-28)22(29(35)36-30(4,5)6)10-12-25(34)32-24-11-7-18(3)14-23(24)31/h7,11,14,17,19-22H,8-10,12-13,15-16H2,1-6H3,(H,32,34). The third-order valence-electron chi connectivity index (χ3n) is 7.26. The number of aromatic nitrogens is 1. The highest BCUT2D eigenvalue weighted by Gasteiger charge is 2.43. The Labute approximate surface area is 225 Å². The number of aryl methyl sites for hydroxylation is 1. The summed E-state index contributed by atoms with van der Waals surface area (Å²) in [6, 6.07) is 5.50. The number of nitrogens with one attached hydrogen (secondary N) is 1. The molecule has 0 aliphatic heterocycles. The smallest absolute Gasteiger partial charge is 0.315 e. The Morgan fingerprint density at radius 2 is 1.89 bits per heavy atom. The molecule has 1 N–H and O–H groups in total. The molecule has 4 rings (SSSR count). The Kier molecular flexibility index (Phi) is 8.37. The fourth-order valence-corrected chi connectivity index (χ4v) is 5.69. The molecule has 0 bridgehead atoms. The molecule has 1 heterocycles. The SMILES string of the molecule is Cc1ccc(NC(=O)CCC(C(=O)OC(C)(C)C)c2noc(C3CC(CC(C)C)C3)c2C2CC2)c(Cl)c1. The van der Waals surface area contributed by atoms with Crippen molar-refractivity contribution in [1.82, 2.24) is 5.16 Å². The van der Waals surface area contributed by atoms with E-state index in [9.17, 15) is 9.59 Å². The van der Waals surface area contributed by atoms with E-state index in [2.05, 4.69) is 24.3 Å². The van der Waals surface area contributed by atoms with Crippen molar-refractivity contribution in [3.63, 3.8) is 0 Å². The first-order chi connectivity index (χ1) is 17.4. The molecule has 2 aromatic rings. The molecule has 1 amide bonds. The van der Waals surface area contributed by atoms with E-state index in [4.69, 9.17) is 20.9 Å². The maximum absolute atomic E-state index is 13.4. The lowest BCUT2D eigenvalue weighted by atomic mass is 9.69. The molecule has 202 valence electrons. The van der Waals surface area contributed by atoms with Gasteiger partial charge in [0.05, 0.1) is 10.7 Å². The summed E-state index contributed by atoms with van der Waals surface area (Å²) in [6.45, 7) is 12.0. The molecule has 0 radical (unpaired) electrons. The summed E-state index contributed by atoms with van der Waals surface area (Å²) in [5, 5.41) is 7.84. The zero-order valence-electron chi connectivity index (χ0n) is 23.0. The quantitative estimate of drug-likeness (QED) is 0.317. The van der Waals surface area contributed by atoms with Gasteiger partial charge in [-0.25, -0.2) is 0 Å². The Morgan fingerprint density at radius 1 is 1.19 bits per heavy atom. The van der Waals surface area contributed by atoms with Gasteiger partial charge in [-0.3, -0.25) is 9.59 Å². The van der Waals surface area contributed by atoms with E-state index in [1.807, 2.05) is 39.8 Å². The Bertz CT molecular complexity index is 1120. The van der Waals surface area contributed by atoms with Crippen molar-refractivity contribution in [3.05, 3.63) is 45.8 Å². The fraction of sp³-hybridized carbons (Fsp3) is 0.633. The van der Waals surface area contributed by atoms with E-state index >= 15 is 0 Å². The van der Waals surface area contributed by atoms with Gasteiger partial charge in [0.25, 0.3) is 0 Å². The molecule has 0 saturated heterocycles. The summed E-state index contributed by atoms with van der Waals surface area (Å²) in [4.78, 5) is 26.2. The zero-order chi connectivity index (χ0) is 26.9. The molecule has 1 atom stereocenters. The molecule has 1 aromatic heterocycles. The molecular weight excluding hydrogens is 488 g/mol. The molecule has 6 nitrogen and oxygen atoms in total. The minimum atomic E-state index is -0.655. The number of anilines is 1. The average Bonchev–Trinajstić information content (AvgIpc) is 3.51. The first-order valence-corrected chi connectivity index (χ1v) is 14.1. The van der Waals surface area contributed by atoms with Crippen molar-refractivity contribution in [2.45, 2.75) is 110 Å². The molecule has 2 saturated carbocycles. The zero-order valence-corrected chi connectivity index (χ0v) is 23.8. The number of hydrogen-bond donors (Lipinski definition) is 1. The number of hydrogen-bond acceptors (Lipinski definition) is 5. The Hall–Kier alpha value is -2.34. The fourth-order valence-electron chi connectivity index (χ4n) is 5.41. The van der Waals surface area contributed by atoms with Gasteiger partial charge in [-0.05, 0) is 102 Å². The van der Waals surface area contributed by atoms with E-state index in [0.717, 1.165) is 48.5 Å². The highest BCUT2D eigenvalue weighted by molar-refractivity contribution is 6.33. The first kappa shape index (κ1) is 27.7. The largest absolute Gasteiger partial charge is 0.459 e. The second-order valence-corrected chi connectivity index (χ2v) is 12.8. The minimum Gasteiger partial charge on any atom is -0.459 e. The van der Waals surface area contributed by atoms with E-state index < -0.39 is 11.5 Å². The van der Waals surface area contributed by atoms with Crippen LogP contribution in [0.15, 0.2) is 22.7 Å². The summed E-state index contributed by atoms with van der Waals surface area (Å²) >= 11 is 6.30. The monoisotopic (exact) mass is 528 g/mol. The Balaban J connectivity index is 1.52. The molecule has 2 fully saturated rings. The van der Waals surface area contributed by atoms with Gasteiger partial charge in [0.15, 0.2) is 0 Å². The molecule has 2 aliphatic rings. The van der Waals surface area contributed by atoms with Crippen LogP contribution in [0.5, 0.6) is 0 Å². The van der Waals surface area contributed by atoms with Crippen LogP contribution in [0.2, 0.25) is 5.02 Å². The molecule has 0 spiro atoms. The van der Waals surface area contributed by atoms with Crippen molar-refractivity contribution in [3.8, 4) is 0 Å². The van der Waals surface area contributed by atoms with Gasteiger partial charge in [0.2, 0.25) is 5.91 Å². The first-order valence-electron chi connectivity index (χ1n) is 13.7. The topological polar surface area (TPSA) is 81.4 Å². The van der Waals surface area contributed by atoms with Gasteiger partial charge in [0, 0.05) is 17.9 Å². The van der Waals surface area contributed by atoms with Crippen molar-refractivity contribution in [2.75, 3.05) is 5.32 Å². The van der Waals surface area contributed by atoms with Gasteiger partial charge in [0.1, 0.15) is 23.0 Å². The number of esters is 1. The van der Waals surface area contributed by atoms with Gasteiger partial charge in [-0.1, -0.05) is 36.7 Å². The van der Waals surface area contributed by atoms with Crippen molar-refractivity contribution >= 4 is 29.2 Å². The number of benzene rings is 1. The van der Waals surface area contributed by atoms with Crippen LogP contribution in [0.25, 0.3) is 0 Å². The number of halogens is 1. The predicted octanol–water partition coefficient (Wildman–Crippen LogP) is 7.90. The second kappa shape index (κ2) is 11.2. The van der Waals surface area contributed by atoms with Crippen LogP contribution in [0.4, 0.5) is 5.69 Å². The number of carbonyl (C=O) groups excluding carboxylic acids is 2. The summed E-state index contributed by atoms with van der Waals surface area (Å²) in [5.41, 5.74) is 2.71.